The predicted octanol–water partition coefficient (Wildman–Crippen LogP) is 4.29. The Morgan fingerprint density at radius 3 is 2.92 bits per heavy atom. The summed E-state index contributed by atoms with van der Waals surface area (Å²) in [5.74, 6) is 0.167. The highest BCUT2D eigenvalue weighted by Crippen LogP contribution is 2.39. The minimum atomic E-state index is -0.144. The minimum Gasteiger partial charge on any atom is -0.361 e. The Morgan fingerprint density at radius 2 is 2.08 bits per heavy atom. The third-order valence-electron chi connectivity index (χ3n) is 4.39. The van der Waals surface area contributed by atoms with Crippen molar-refractivity contribution in [2.45, 2.75) is 26.1 Å². The normalized spacial score (nSPS) is 20.0. The first-order chi connectivity index (χ1) is 12.6. The van der Waals surface area contributed by atoms with Crippen molar-refractivity contribution in [3.05, 3.63) is 59.2 Å². The minimum absolute atomic E-state index is 0.0790. The van der Waals surface area contributed by atoms with Crippen LogP contribution in [0.2, 0.25) is 0 Å². The summed E-state index contributed by atoms with van der Waals surface area (Å²) in [6.07, 6.45) is -0.144. The van der Waals surface area contributed by atoms with Gasteiger partial charge < -0.3 is 10.6 Å². The van der Waals surface area contributed by atoms with Crippen LogP contribution >= 0.6 is 11.8 Å². The Bertz CT molecular complexity index is 924. The van der Waals surface area contributed by atoms with Crippen molar-refractivity contribution in [1.29, 1.82) is 0 Å². The third-order valence-corrected chi connectivity index (χ3v) is 5.24. The van der Waals surface area contributed by atoms with Crippen molar-refractivity contribution < 1.29 is 4.79 Å². The molecule has 2 aromatic rings. The summed E-state index contributed by atoms with van der Waals surface area (Å²) in [7, 11) is 0. The maximum atomic E-state index is 12.2. The van der Waals surface area contributed by atoms with Crippen LogP contribution in [-0.2, 0) is 4.79 Å². The van der Waals surface area contributed by atoms with E-state index in [2.05, 4.69) is 25.9 Å². The molecule has 132 valence electrons. The van der Waals surface area contributed by atoms with E-state index in [4.69, 9.17) is 0 Å². The number of hydrogen-bond donors (Lipinski definition) is 2. The molecule has 2 atom stereocenters. The van der Waals surface area contributed by atoms with Crippen molar-refractivity contribution >= 4 is 34.2 Å². The van der Waals surface area contributed by atoms with Crippen LogP contribution in [0, 0.1) is 13.8 Å². The van der Waals surface area contributed by atoms with Gasteiger partial charge in [0.2, 0.25) is 11.1 Å². The number of hydrogen-bond acceptors (Lipinski definition) is 6. The quantitative estimate of drug-likeness (QED) is 0.852. The fourth-order valence-electron chi connectivity index (χ4n) is 3.12. The molecule has 4 rings (SSSR count). The van der Waals surface area contributed by atoms with Crippen LogP contribution < -0.4 is 10.6 Å². The van der Waals surface area contributed by atoms with Gasteiger partial charge in [0.1, 0.15) is 6.04 Å². The van der Waals surface area contributed by atoms with Gasteiger partial charge in [0.25, 0.3) is 0 Å². The second-order valence-electron chi connectivity index (χ2n) is 6.40. The number of carbonyl (C=O) groups is 1. The molecule has 2 aromatic carbocycles. The number of fused-ring (bicyclic) bond motifs is 3. The molecular formula is C19H19N5OS. The maximum absolute atomic E-state index is 12.2. The van der Waals surface area contributed by atoms with Gasteiger partial charge in [-0.1, -0.05) is 47.7 Å². The number of rotatable bonds is 3. The molecule has 2 aliphatic rings. The fourth-order valence-corrected chi connectivity index (χ4v) is 3.74. The fraction of sp³-hybridized carbons (Fsp3) is 0.263. The number of benzene rings is 2. The lowest BCUT2D eigenvalue weighted by molar-refractivity contribution is -0.113. The first kappa shape index (κ1) is 16.8. The molecule has 0 radical (unpaired) electrons. The summed E-state index contributed by atoms with van der Waals surface area (Å²) in [5, 5.41) is 15.4. The molecule has 6 nitrogen and oxygen atoms in total. The van der Waals surface area contributed by atoms with E-state index in [-0.39, 0.29) is 23.9 Å². The van der Waals surface area contributed by atoms with Gasteiger partial charge >= 0.3 is 0 Å². The van der Waals surface area contributed by atoms with Crippen LogP contribution in [0.1, 0.15) is 22.7 Å². The molecule has 7 heteroatoms. The highest BCUT2D eigenvalue weighted by Gasteiger charge is 2.34. The second-order valence-corrected chi connectivity index (χ2v) is 7.35. The van der Waals surface area contributed by atoms with Crippen LogP contribution in [-0.4, -0.2) is 23.0 Å². The zero-order valence-corrected chi connectivity index (χ0v) is 15.4. The number of aryl methyl sites for hydroxylation is 2. The van der Waals surface area contributed by atoms with E-state index in [1.54, 1.807) is 0 Å². The van der Waals surface area contributed by atoms with Crippen molar-refractivity contribution in [2.24, 2.45) is 15.2 Å². The maximum Gasteiger partial charge on any atom is 0.234 e. The highest BCUT2D eigenvalue weighted by atomic mass is 32.2. The highest BCUT2D eigenvalue weighted by molar-refractivity contribution is 8.14. The van der Waals surface area contributed by atoms with E-state index in [9.17, 15) is 4.79 Å². The molecule has 0 unspecified atom stereocenters. The lowest BCUT2D eigenvalue weighted by atomic mass is 10.1. The van der Waals surface area contributed by atoms with Gasteiger partial charge in [0.05, 0.1) is 5.75 Å². The van der Waals surface area contributed by atoms with E-state index in [1.807, 2.05) is 56.3 Å². The Kier molecular flexibility index (Phi) is 4.46. The number of azo groups is 1. The molecule has 0 aliphatic carbocycles. The molecule has 0 aromatic heterocycles. The van der Waals surface area contributed by atoms with E-state index >= 15 is 0 Å². The van der Waals surface area contributed by atoms with Crippen LogP contribution in [0.15, 0.2) is 57.7 Å². The lowest BCUT2D eigenvalue weighted by Gasteiger charge is -2.16. The number of amides is 1. The van der Waals surface area contributed by atoms with Crippen LogP contribution in [0.5, 0.6) is 0 Å². The Morgan fingerprint density at radius 1 is 1.23 bits per heavy atom. The van der Waals surface area contributed by atoms with Crippen LogP contribution in [0.3, 0.4) is 0 Å². The summed E-state index contributed by atoms with van der Waals surface area (Å²) in [4.78, 5) is 16.8. The number of anilines is 2. The zero-order chi connectivity index (χ0) is 18.1. The number of thioether (sulfide) groups is 1. The standard InChI is InChI=1S/C19H19N5OS/c1-11-7-8-14(12(2)9-11)20-16(25)10-26-19-22-18-17(23-24-19)13-5-3-4-6-15(13)21-18/h3-9,17-18,21H,10H2,1-2H3,(H,20,25)/t17-,18+/m1/s1. The van der Waals surface area contributed by atoms with Gasteiger partial charge in [-0.25, -0.2) is 4.99 Å². The molecule has 0 bridgehead atoms. The van der Waals surface area contributed by atoms with Crippen LogP contribution in [0.25, 0.3) is 0 Å². The monoisotopic (exact) mass is 365 g/mol. The largest absolute Gasteiger partial charge is 0.361 e. The van der Waals surface area contributed by atoms with Gasteiger partial charge in [-0.3, -0.25) is 4.79 Å². The predicted molar refractivity (Wildman–Crippen MR) is 106 cm³/mol. The summed E-state index contributed by atoms with van der Waals surface area (Å²) < 4.78 is 0. The van der Waals surface area contributed by atoms with E-state index < -0.39 is 0 Å². The molecule has 0 saturated carbocycles. The molecular weight excluding hydrogens is 346 g/mol. The summed E-state index contributed by atoms with van der Waals surface area (Å²) in [5.41, 5.74) is 5.22. The Hall–Kier alpha value is -2.67. The van der Waals surface area contributed by atoms with Crippen LogP contribution in [0.4, 0.5) is 11.4 Å². The molecule has 2 aliphatic heterocycles. The molecule has 2 heterocycles. The third kappa shape index (κ3) is 3.35. The Balaban J connectivity index is 1.36. The van der Waals surface area contributed by atoms with Crippen molar-refractivity contribution in [1.82, 2.24) is 0 Å². The van der Waals surface area contributed by atoms with E-state index in [1.165, 1.54) is 17.3 Å². The van der Waals surface area contributed by atoms with Gasteiger partial charge in [-0.05, 0) is 31.5 Å². The summed E-state index contributed by atoms with van der Waals surface area (Å²) in [6, 6.07) is 13.9. The number of nitrogens with one attached hydrogen (secondary N) is 2. The topological polar surface area (TPSA) is 78.2 Å². The number of amidine groups is 1. The lowest BCUT2D eigenvalue weighted by Crippen LogP contribution is -2.22. The van der Waals surface area contributed by atoms with Crippen molar-refractivity contribution in [2.75, 3.05) is 16.4 Å². The molecule has 0 saturated heterocycles. The van der Waals surface area contributed by atoms with Gasteiger partial charge in [0.15, 0.2) is 6.17 Å². The van der Waals surface area contributed by atoms with Crippen molar-refractivity contribution in [3.8, 4) is 0 Å². The second kappa shape index (κ2) is 6.92. The molecule has 0 spiro atoms. The summed E-state index contributed by atoms with van der Waals surface area (Å²) >= 11 is 1.30. The SMILES string of the molecule is Cc1ccc(NC(=O)CSC2=N[C@@H]3Nc4ccccc4[C@H]3N=N2)c(C)c1. The van der Waals surface area contributed by atoms with Gasteiger partial charge in [-0.2, -0.15) is 5.11 Å². The molecule has 0 fully saturated rings. The first-order valence-corrected chi connectivity index (χ1v) is 9.43. The molecule has 1 amide bonds. The number of aliphatic imine (C=N–C) groups is 1. The number of carbonyl (C=O) groups excluding carboxylic acids is 1. The Labute approximate surface area is 156 Å². The number of para-hydroxylation sites is 1. The molecule has 2 N–H and O–H groups in total. The summed E-state index contributed by atoms with van der Waals surface area (Å²) in [6.45, 7) is 4.02. The smallest absolute Gasteiger partial charge is 0.234 e. The van der Waals surface area contributed by atoms with E-state index in [0.717, 1.165) is 22.5 Å². The zero-order valence-electron chi connectivity index (χ0n) is 14.6. The average Bonchev–Trinajstić information content (AvgIpc) is 3.00. The van der Waals surface area contributed by atoms with Crippen molar-refractivity contribution in [3.63, 3.8) is 0 Å². The first-order valence-electron chi connectivity index (χ1n) is 8.44. The van der Waals surface area contributed by atoms with Gasteiger partial charge in [-0.15, -0.1) is 5.11 Å². The van der Waals surface area contributed by atoms with Gasteiger partial charge in [0, 0.05) is 16.9 Å². The number of nitrogens with zero attached hydrogens (tertiary/aromatic N) is 3. The van der Waals surface area contributed by atoms with E-state index in [0.29, 0.717) is 5.17 Å². The molecule has 26 heavy (non-hydrogen) atoms. The average molecular weight is 365 g/mol.